The number of amides is 1. The highest BCUT2D eigenvalue weighted by molar-refractivity contribution is 5.79. The molecule has 1 aromatic carbocycles. The first-order valence-corrected chi connectivity index (χ1v) is 13.7. The van der Waals surface area contributed by atoms with Crippen LogP contribution in [-0.2, 0) is 11.3 Å². The van der Waals surface area contributed by atoms with Crippen molar-refractivity contribution in [3.63, 3.8) is 0 Å². The van der Waals surface area contributed by atoms with E-state index in [4.69, 9.17) is 19.2 Å². The number of carbonyl (C=O) groups excluding carboxylic acids is 1. The third kappa shape index (κ3) is 4.69. The lowest BCUT2D eigenvalue weighted by atomic mass is 9.94. The van der Waals surface area contributed by atoms with Crippen LogP contribution in [0.4, 0.5) is 15.0 Å². The van der Waals surface area contributed by atoms with Gasteiger partial charge in [-0.25, -0.2) is 9.18 Å². The molecule has 210 valence electrons. The van der Waals surface area contributed by atoms with Gasteiger partial charge in [-0.15, -0.1) is 5.10 Å². The van der Waals surface area contributed by atoms with Gasteiger partial charge in [0.2, 0.25) is 11.8 Å². The number of halogens is 1. The number of rotatable bonds is 4. The van der Waals surface area contributed by atoms with Crippen molar-refractivity contribution < 1.29 is 23.4 Å². The van der Waals surface area contributed by atoms with Crippen molar-refractivity contribution in [2.45, 2.75) is 76.8 Å². The van der Waals surface area contributed by atoms with Crippen LogP contribution >= 0.6 is 0 Å². The minimum absolute atomic E-state index is 0.0796. The van der Waals surface area contributed by atoms with Crippen molar-refractivity contribution in [1.82, 2.24) is 20.1 Å². The van der Waals surface area contributed by atoms with Crippen molar-refractivity contribution in [2.75, 3.05) is 19.1 Å². The summed E-state index contributed by atoms with van der Waals surface area (Å²) in [5.41, 5.74) is 2.49. The van der Waals surface area contributed by atoms with Gasteiger partial charge in [-0.3, -0.25) is 0 Å². The lowest BCUT2D eigenvalue weighted by molar-refractivity contribution is 0.00597. The number of methoxy groups -OCH3 is 1. The van der Waals surface area contributed by atoms with E-state index in [1.54, 1.807) is 12.1 Å². The van der Waals surface area contributed by atoms with Crippen LogP contribution < -0.4 is 14.4 Å². The van der Waals surface area contributed by atoms with Gasteiger partial charge in [0.1, 0.15) is 23.8 Å². The second-order valence-electron chi connectivity index (χ2n) is 11.8. The molecule has 3 atom stereocenters. The molecule has 9 nitrogen and oxygen atoms in total. The highest BCUT2D eigenvalue weighted by atomic mass is 19.1. The van der Waals surface area contributed by atoms with E-state index < -0.39 is 5.60 Å². The Kier molecular flexibility index (Phi) is 6.51. The molecular formula is C30H34FN5O4. The predicted octanol–water partition coefficient (Wildman–Crippen LogP) is 5.61. The maximum atomic E-state index is 15.6. The molecule has 10 heteroatoms. The third-order valence-corrected chi connectivity index (χ3v) is 8.11. The van der Waals surface area contributed by atoms with Gasteiger partial charge in [0.25, 0.3) is 0 Å². The van der Waals surface area contributed by atoms with Crippen molar-refractivity contribution >= 4 is 11.9 Å². The number of anilines is 1. The van der Waals surface area contributed by atoms with Crippen molar-refractivity contribution in [2.24, 2.45) is 0 Å². The molecule has 2 saturated heterocycles. The molecule has 5 heterocycles. The first-order valence-electron chi connectivity index (χ1n) is 13.7. The average Bonchev–Trinajstić information content (AvgIpc) is 3.21. The van der Waals surface area contributed by atoms with Gasteiger partial charge in [0.15, 0.2) is 0 Å². The Morgan fingerprint density at radius 1 is 1.10 bits per heavy atom. The summed E-state index contributed by atoms with van der Waals surface area (Å²) >= 11 is 0. The van der Waals surface area contributed by atoms with Gasteiger partial charge in [-0.2, -0.15) is 10.1 Å². The van der Waals surface area contributed by atoms with E-state index in [2.05, 4.69) is 15.1 Å². The molecule has 3 aliphatic heterocycles. The topological polar surface area (TPSA) is 89.9 Å². The number of pyridine rings is 1. The largest absolute Gasteiger partial charge is 0.480 e. The van der Waals surface area contributed by atoms with Crippen LogP contribution in [0.2, 0.25) is 0 Å². The molecule has 0 spiro atoms. The fraction of sp³-hybridized carbons (Fsp3) is 0.467. The zero-order valence-electron chi connectivity index (χ0n) is 23.5. The SMILES string of the molecule is COc1cc(-c2ccc3c(c2F)COc2nc(N(C)C4C[C@H]5CC[C@@H](C4)N5C(=O)OC(C)(C)C)ccc2-3)cnn1. The predicted molar refractivity (Wildman–Crippen MR) is 148 cm³/mol. The van der Waals surface area contributed by atoms with Crippen molar-refractivity contribution in [1.29, 1.82) is 0 Å². The molecular weight excluding hydrogens is 513 g/mol. The van der Waals surface area contributed by atoms with E-state index in [0.29, 0.717) is 28.5 Å². The number of piperidine rings is 1. The lowest BCUT2D eigenvalue weighted by Crippen LogP contribution is -2.53. The van der Waals surface area contributed by atoms with Gasteiger partial charge >= 0.3 is 6.09 Å². The lowest BCUT2D eigenvalue weighted by Gasteiger charge is -2.42. The highest BCUT2D eigenvalue weighted by Crippen LogP contribution is 2.43. The fourth-order valence-corrected chi connectivity index (χ4v) is 6.18. The van der Waals surface area contributed by atoms with Crippen LogP contribution in [0.1, 0.15) is 52.0 Å². The molecule has 0 aliphatic carbocycles. The van der Waals surface area contributed by atoms with Crippen LogP contribution in [0.15, 0.2) is 36.5 Å². The Morgan fingerprint density at radius 2 is 1.80 bits per heavy atom. The molecule has 2 bridgehead atoms. The van der Waals surface area contributed by atoms with Gasteiger partial charge in [0.05, 0.1) is 13.3 Å². The second-order valence-corrected chi connectivity index (χ2v) is 11.8. The summed E-state index contributed by atoms with van der Waals surface area (Å²) in [6.45, 7) is 5.78. The quantitative estimate of drug-likeness (QED) is 0.416. The van der Waals surface area contributed by atoms with Gasteiger partial charge in [0, 0.05) is 53.5 Å². The Bertz CT molecular complexity index is 1440. The summed E-state index contributed by atoms with van der Waals surface area (Å²) in [4.78, 5) is 21.8. The molecule has 3 aliphatic rings. The number of fused-ring (bicyclic) bond motifs is 5. The molecule has 2 fully saturated rings. The normalized spacial score (nSPS) is 21.2. The smallest absolute Gasteiger partial charge is 0.410 e. The summed E-state index contributed by atoms with van der Waals surface area (Å²) < 4.78 is 32.5. The second kappa shape index (κ2) is 9.91. The van der Waals surface area contributed by atoms with Gasteiger partial charge in [-0.05, 0) is 64.2 Å². The van der Waals surface area contributed by atoms with E-state index in [-0.39, 0.29) is 36.6 Å². The van der Waals surface area contributed by atoms with Gasteiger partial charge < -0.3 is 24.0 Å². The summed E-state index contributed by atoms with van der Waals surface area (Å²) in [5, 5.41) is 7.78. The number of hydrogen-bond donors (Lipinski definition) is 0. The first kappa shape index (κ1) is 26.3. The number of hydrogen-bond acceptors (Lipinski definition) is 8. The molecule has 6 rings (SSSR count). The number of nitrogens with zero attached hydrogens (tertiary/aromatic N) is 5. The minimum Gasteiger partial charge on any atom is -0.480 e. The first-order chi connectivity index (χ1) is 19.1. The fourth-order valence-electron chi connectivity index (χ4n) is 6.18. The van der Waals surface area contributed by atoms with Crippen LogP contribution in [-0.4, -0.2) is 64.1 Å². The van der Waals surface area contributed by atoms with Gasteiger partial charge in [-0.1, -0.05) is 12.1 Å². The van der Waals surface area contributed by atoms with E-state index in [0.717, 1.165) is 42.6 Å². The monoisotopic (exact) mass is 547 g/mol. The Morgan fingerprint density at radius 3 is 2.50 bits per heavy atom. The molecule has 0 N–H and O–H groups in total. The Labute approximate surface area is 233 Å². The van der Waals surface area contributed by atoms with E-state index in [1.807, 2.05) is 50.9 Å². The molecule has 3 aromatic rings. The third-order valence-electron chi connectivity index (χ3n) is 8.11. The number of ether oxygens (including phenoxy) is 3. The number of benzene rings is 1. The highest BCUT2D eigenvalue weighted by Gasteiger charge is 2.46. The molecule has 0 radical (unpaired) electrons. The standard InChI is InChI=1S/C30H34FN5O4/c1-30(2,3)40-29(37)36-18-6-7-19(36)14-20(13-18)35(4)25-11-10-23-22-9-8-21(17-12-26(38-5)34-32-15-17)27(31)24(22)16-39-28(23)33-25/h8-12,15,18-20H,6-7,13-14,16H2,1-5H3/t18-,19+,20?. The molecule has 1 unspecified atom stereocenters. The van der Waals surface area contributed by atoms with E-state index in [1.165, 1.54) is 13.3 Å². The minimum atomic E-state index is -0.510. The summed E-state index contributed by atoms with van der Waals surface area (Å²) in [7, 11) is 3.54. The van der Waals surface area contributed by atoms with Crippen LogP contribution in [0.25, 0.3) is 22.3 Å². The summed E-state index contributed by atoms with van der Waals surface area (Å²) in [6.07, 6.45) is 4.99. The van der Waals surface area contributed by atoms with Crippen molar-refractivity contribution in [3.05, 3.63) is 47.9 Å². The Hall–Kier alpha value is -3.95. The maximum absolute atomic E-state index is 15.6. The van der Waals surface area contributed by atoms with E-state index in [9.17, 15) is 4.79 Å². The zero-order chi connectivity index (χ0) is 28.2. The van der Waals surface area contributed by atoms with Crippen LogP contribution in [0.5, 0.6) is 11.8 Å². The van der Waals surface area contributed by atoms with E-state index >= 15 is 4.39 Å². The maximum Gasteiger partial charge on any atom is 0.410 e. The molecule has 40 heavy (non-hydrogen) atoms. The molecule has 2 aromatic heterocycles. The summed E-state index contributed by atoms with van der Waals surface area (Å²) in [5.74, 6) is 1.25. The summed E-state index contributed by atoms with van der Waals surface area (Å²) in [6, 6.07) is 9.78. The van der Waals surface area contributed by atoms with Crippen LogP contribution in [0.3, 0.4) is 0 Å². The number of carbonyl (C=O) groups is 1. The molecule has 0 saturated carbocycles. The Balaban J connectivity index is 1.21. The average molecular weight is 548 g/mol. The zero-order valence-corrected chi connectivity index (χ0v) is 23.5. The molecule has 1 amide bonds. The van der Waals surface area contributed by atoms with Crippen molar-refractivity contribution in [3.8, 4) is 34.0 Å². The van der Waals surface area contributed by atoms with Crippen LogP contribution in [0, 0.1) is 5.82 Å². The number of aromatic nitrogens is 3.